The van der Waals surface area contributed by atoms with Crippen molar-refractivity contribution in [3.8, 4) is 0 Å². The molecule has 0 aromatic rings. The highest BCUT2D eigenvalue weighted by Gasteiger charge is 2.42. The van der Waals surface area contributed by atoms with Crippen LogP contribution in [0.2, 0.25) is 0 Å². The monoisotopic (exact) mass is 194 g/mol. The maximum Gasteiger partial charge on any atom is 0.306 e. The van der Waals surface area contributed by atoms with Gasteiger partial charge in [-0.05, 0) is 19.3 Å². The average Bonchev–Trinajstić information content (AvgIpc) is 2.71. The number of hydrogen-bond donors (Lipinski definition) is 0. The molecule has 1 heterocycles. The van der Waals surface area contributed by atoms with E-state index in [1.165, 1.54) is 0 Å². The molecule has 0 amide bonds. The van der Waals surface area contributed by atoms with Crippen LogP contribution in [-0.2, 0) is 14.3 Å². The molecule has 2 aliphatic rings. The number of rotatable bonds is 2. The maximum absolute atomic E-state index is 11.1. The summed E-state index contributed by atoms with van der Waals surface area (Å²) in [6.45, 7) is 3.97. The summed E-state index contributed by atoms with van der Waals surface area (Å²) in [6, 6.07) is 0. The summed E-state index contributed by atoms with van der Waals surface area (Å²) < 4.78 is 5.19. The van der Waals surface area contributed by atoms with Gasteiger partial charge in [0.15, 0.2) is 0 Å². The van der Waals surface area contributed by atoms with Crippen LogP contribution in [0.3, 0.4) is 0 Å². The van der Waals surface area contributed by atoms with Gasteiger partial charge in [0.2, 0.25) is 0 Å². The summed E-state index contributed by atoms with van der Waals surface area (Å²) in [7, 11) is 0. The highest BCUT2D eigenvalue weighted by Crippen LogP contribution is 2.39. The largest absolute Gasteiger partial charge is 0.461 e. The first-order valence-electron chi connectivity index (χ1n) is 5.05. The van der Waals surface area contributed by atoms with Crippen molar-refractivity contribution in [2.24, 2.45) is 11.8 Å². The Morgan fingerprint density at radius 2 is 2.29 bits per heavy atom. The van der Waals surface area contributed by atoms with Crippen molar-refractivity contribution in [2.75, 3.05) is 0 Å². The lowest BCUT2D eigenvalue weighted by atomic mass is 9.88. The van der Waals surface area contributed by atoms with Gasteiger partial charge in [0.25, 0.3) is 0 Å². The molecular weight excluding hydrogens is 180 g/mol. The van der Waals surface area contributed by atoms with Gasteiger partial charge in [0.05, 0.1) is 12.3 Å². The van der Waals surface area contributed by atoms with E-state index in [9.17, 15) is 9.59 Å². The van der Waals surface area contributed by atoms with Crippen LogP contribution in [0.5, 0.6) is 0 Å². The number of esters is 1. The molecule has 0 N–H and O–H groups in total. The molecule has 2 fully saturated rings. The molecule has 0 aromatic carbocycles. The van der Waals surface area contributed by atoms with E-state index in [1.54, 1.807) is 0 Å². The van der Waals surface area contributed by atoms with Gasteiger partial charge in [-0.2, -0.15) is 0 Å². The third-order valence-electron chi connectivity index (χ3n) is 3.20. The molecule has 1 aliphatic heterocycles. The molecule has 2 rings (SSSR count). The zero-order chi connectivity index (χ0) is 10.1. The summed E-state index contributed by atoms with van der Waals surface area (Å²) in [6.07, 6.45) is 3.98. The second kappa shape index (κ2) is 3.56. The average molecular weight is 194 g/mol. The third-order valence-corrected chi connectivity index (χ3v) is 3.20. The molecule has 3 unspecified atom stereocenters. The van der Waals surface area contributed by atoms with E-state index in [4.69, 9.17) is 4.74 Å². The highest BCUT2D eigenvalue weighted by molar-refractivity contribution is 5.77. The van der Waals surface area contributed by atoms with E-state index in [1.807, 2.05) is 0 Å². The third kappa shape index (κ3) is 1.47. The molecule has 0 bridgehead atoms. The summed E-state index contributed by atoms with van der Waals surface area (Å²) >= 11 is 0. The van der Waals surface area contributed by atoms with Crippen LogP contribution in [0.15, 0.2) is 12.2 Å². The second-order valence-corrected chi connectivity index (χ2v) is 4.12. The van der Waals surface area contributed by atoms with E-state index in [-0.39, 0.29) is 30.3 Å². The first kappa shape index (κ1) is 9.44. The maximum atomic E-state index is 11.1. The molecule has 1 aliphatic carbocycles. The van der Waals surface area contributed by atoms with Gasteiger partial charge in [0.1, 0.15) is 12.4 Å². The van der Waals surface area contributed by atoms with E-state index >= 15 is 0 Å². The summed E-state index contributed by atoms with van der Waals surface area (Å²) in [5.41, 5.74) is 1.14. The lowest BCUT2D eigenvalue weighted by Crippen LogP contribution is -2.26. The summed E-state index contributed by atoms with van der Waals surface area (Å²) in [4.78, 5) is 21.8. The minimum atomic E-state index is -0.248. The Morgan fingerprint density at radius 1 is 1.50 bits per heavy atom. The molecule has 1 saturated heterocycles. The number of carbonyl (C=O) groups excluding carboxylic acids is 2. The van der Waals surface area contributed by atoms with Gasteiger partial charge in [0, 0.05) is 5.92 Å². The minimum Gasteiger partial charge on any atom is -0.461 e. The minimum absolute atomic E-state index is 0.219. The van der Waals surface area contributed by atoms with E-state index in [0.29, 0.717) is 0 Å². The molecule has 0 radical (unpaired) electrons. The Morgan fingerprint density at radius 3 is 2.86 bits per heavy atom. The van der Waals surface area contributed by atoms with Crippen molar-refractivity contribution < 1.29 is 14.3 Å². The summed E-state index contributed by atoms with van der Waals surface area (Å²) in [5.74, 6) is -0.272. The molecule has 3 heteroatoms. The number of ether oxygens (including phenoxy) is 1. The SMILES string of the molecule is C=C1CCCC1C1OC(=O)CC1C=O. The molecule has 0 aromatic heterocycles. The van der Waals surface area contributed by atoms with Crippen LogP contribution in [0.4, 0.5) is 0 Å². The number of hydrogen-bond acceptors (Lipinski definition) is 3. The van der Waals surface area contributed by atoms with Crippen molar-refractivity contribution in [3.63, 3.8) is 0 Å². The van der Waals surface area contributed by atoms with Crippen molar-refractivity contribution in [1.29, 1.82) is 0 Å². The molecule has 3 nitrogen and oxygen atoms in total. The molecule has 3 atom stereocenters. The van der Waals surface area contributed by atoms with Crippen LogP contribution < -0.4 is 0 Å². The van der Waals surface area contributed by atoms with Crippen LogP contribution >= 0.6 is 0 Å². The topological polar surface area (TPSA) is 43.4 Å². The Bertz CT molecular complexity index is 282. The lowest BCUT2D eigenvalue weighted by molar-refractivity contribution is -0.142. The van der Waals surface area contributed by atoms with Crippen LogP contribution in [0.1, 0.15) is 25.7 Å². The van der Waals surface area contributed by atoms with Crippen molar-refractivity contribution in [2.45, 2.75) is 31.8 Å². The first-order chi connectivity index (χ1) is 6.72. The van der Waals surface area contributed by atoms with Gasteiger partial charge < -0.3 is 9.53 Å². The fourth-order valence-corrected chi connectivity index (χ4v) is 2.44. The molecule has 76 valence electrons. The summed E-state index contributed by atoms with van der Waals surface area (Å²) in [5, 5.41) is 0. The fourth-order valence-electron chi connectivity index (χ4n) is 2.44. The fraction of sp³-hybridized carbons (Fsp3) is 0.636. The first-order valence-corrected chi connectivity index (χ1v) is 5.05. The highest BCUT2D eigenvalue weighted by atomic mass is 16.6. The number of carbonyl (C=O) groups is 2. The molecule has 0 spiro atoms. The Labute approximate surface area is 83.1 Å². The smallest absolute Gasteiger partial charge is 0.306 e. The van der Waals surface area contributed by atoms with Crippen LogP contribution in [-0.4, -0.2) is 18.4 Å². The zero-order valence-electron chi connectivity index (χ0n) is 8.07. The van der Waals surface area contributed by atoms with Gasteiger partial charge in [-0.15, -0.1) is 0 Å². The lowest BCUT2D eigenvalue weighted by Gasteiger charge is -2.21. The van der Waals surface area contributed by atoms with Crippen LogP contribution in [0.25, 0.3) is 0 Å². The Balaban J connectivity index is 2.12. The van der Waals surface area contributed by atoms with Gasteiger partial charge in [-0.3, -0.25) is 4.79 Å². The van der Waals surface area contributed by atoms with Crippen molar-refractivity contribution >= 4 is 12.3 Å². The Kier molecular flexibility index (Phi) is 2.40. The predicted molar refractivity (Wildman–Crippen MR) is 50.5 cm³/mol. The van der Waals surface area contributed by atoms with Gasteiger partial charge >= 0.3 is 5.97 Å². The second-order valence-electron chi connectivity index (χ2n) is 4.12. The normalized spacial score (nSPS) is 37.3. The van der Waals surface area contributed by atoms with E-state index in [0.717, 1.165) is 31.1 Å². The zero-order valence-corrected chi connectivity index (χ0v) is 8.07. The Hall–Kier alpha value is -1.12. The quantitative estimate of drug-likeness (QED) is 0.380. The van der Waals surface area contributed by atoms with Gasteiger partial charge in [-0.25, -0.2) is 0 Å². The number of cyclic esters (lactones) is 1. The molecular formula is C11H14O3. The molecule has 1 saturated carbocycles. The number of aldehydes is 1. The van der Waals surface area contributed by atoms with Gasteiger partial charge in [-0.1, -0.05) is 12.2 Å². The van der Waals surface area contributed by atoms with E-state index < -0.39 is 0 Å². The van der Waals surface area contributed by atoms with E-state index in [2.05, 4.69) is 6.58 Å². The standard InChI is InChI=1S/C11H14O3/c1-7-3-2-4-9(7)11-8(6-12)5-10(13)14-11/h6,8-9,11H,1-5H2. The molecule has 14 heavy (non-hydrogen) atoms. The van der Waals surface area contributed by atoms with Crippen molar-refractivity contribution in [1.82, 2.24) is 0 Å². The predicted octanol–water partition coefficient (Wildman–Crippen LogP) is 1.47. The van der Waals surface area contributed by atoms with Crippen LogP contribution in [0, 0.1) is 11.8 Å². The van der Waals surface area contributed by atoms with Crippen molar-refractivity contribution in [3.05, 3.63) is 12.2 Å².